The molecule has 1 aliphatic heterocycles. The summed E-state index contributed by atoms with van der Waals surface area (Å²) < 4.78 is 5.04. The quantitative estimate of drug-likeness (QED) is 0.675. The van der Waals surface area contributed by atoms with Crippen LogP contribution in [-0.4, -0.2) is 41.6 Å². The second kappa shape index (κ2) is 6.76. The topological polar surface area (TPSA) is 90.6 Å². The van der Waals surface area contributed by atoms with Gasteiger partial charge in [-0.15, -0.1) is 0 Å². The molecular formula is C16H16N2O4. The molecule has 6 nitrogen and oxygen atoms in total. The normalized spacial score (nSPS) is 17.9. The van der Waals surface area contributed by atoms with E-state index < -0.39 is 17.9 Å². The van der Waals surface area contributed by atoms with Gasteiger partial charge < -0.3 is 14.7 Å². The van der Waals surface area contributed by atoms with Crippen molar-refractivity contribution in [2.24, 2.45) is 0 Å². The molecule has 1 unspecified atom stereocenters. The number of likely N-dealkylation sites (tertiary alicyclic amines) is 1. The van der Waals surface area contributed by atoms with E-state index in [1.807, 2.05) is 6.07 Å². The molecular weight excluding hydrogens is 284 g/mol. The molecule has 0 bridgehead atoms. The van der Waals surface area contributed by atoms with Crippen LogP contribution in [0.2, 0.25) is 0 Å². The average molecular weight is 300 g/mol. The lowest BCUT2D eigenvalue weighted by atomic mass is 10.1. The van der Waals surface area contributed by atoms with E-state index in [0.717, 1.165) is 0 Å². The summed E-state index contributed by atoms with van der Waals surface area (Å²) in [5.74, 6) is -0.900. The summed E-state index contributed by atoms with van der Waals surface area (Å²) in [6.07, 6.45) is 2.51. The third-order valence-corrected chi connectivity index (χ3v) is 3.58. The largest absolute Gasteiger partial charge is 0.497 e. The monoisotopic (exact) mass is 300 g/mol. The van der Waals surface area contributed by atoms with E-state index in [1.165, 1.54) is 11.0 Å². The Balaban J connectivity index is 2.23. The van der Waals surface area contributed by atoms with Crippen molar-refractivity contribution in [1.82, 2.24) is 4.90 Å². The number of carbonyl (C=O) groups excluding carboxylic acids is 1. The Labute approximate surface area is 128 Å². The lowest BCUT2D eigenvalue weighted by Gasteiger charge is -2.20. The van der Waals surface area contributed by atoms with Crippen LogP contribution in [0.3, 0.4) is 0 Å². The zero-order valence-corrected chi connectivity index (χ0v) is 12.2. The molecule has 1 heterocycles. The van der Waals surface area contributed by atoms with Gasteiger partial charge in [-0.2, -0.15) is 5.26 Å². The Morgan fingerprint density at radius 2 is 2.09 bits per heavy atom. The number of amides is 1. The molecule has 1 aliphatic rings. The highest BCUT2D eigenvalue weighted by Crippen LogP contribution is 2.21. The van der Waals surface area contributed by atoms with Gasteiger partial charge in [-0.05, 0) is 36.6 Å². The molecule has 0 spiro atoms. The minimum Gasteiger partial charge on any atom is -0.497 e. The highest BCUT2D eigenvalue weighted by molar-refractivity contribution is 6.03. The van der Waals surface area contributed by atoms with E-state index in [9.17, 15) is 14.9 Å². The van der Waals surface area contributed by atoms with Gasteiger partial charge in [-0.3, -0.25) is 4.79 Å². The Bertz CT molecular complexity index is 643. The van der Waals surface area contributed by atoms with Crippen molar-refractivity contribution in [2.45, 2.75) is 18.9 Å². The van der Waals surface area contributed by atoms with E-state index >= 15 is 0 Å². The average Bonchev–Trinajstić information content (AvgIpc) is 3.02. The van der Waals surface area contributed by atoms with Crippen molar-refractivity contribution in [3.63, 3.8) is 0 Å². The fourth-order valence-electron chi connectivity index (χ4n) is 2.43. The van der Waals surface area contributed by atoms with Crippen molar-refractivity contribution < 1.29 is 19.4 Å². The maximum Gasteiger partial charge on any atom is 0.326 e. The van der Waals surface area contributed by atoms with E-state index in [0.29, 0.717) is 30.7 Å². The van der Waals surface area contributed by atoms with Crippen LogP contribution in [-0.2, 0) is 9.59 Å². The number of nitrogens with zero attached hydrogens (tertiary/aromatic N) is 2. The summed E-state index contributed by atoms with van der Waals surface area (Å²) in [6.45, 7) is 0.359. The summed E-state index contributed by atoms with van der Waals surface area (Å²) >= 11 is 0. The van der Waals surface area contributed by atoms with Gasteiger partial charge >= 0.3 is 5.97 Å². The third-order valence-electron chi connectivity index (χ3n) is 3.58. The lowest BCUT2D eigenvalue weighted by Crippen LogP contribution is -2.40. The molecule has 1 saturated heterocycles. The van der Waals surface area contributed by atoms with Gasteiger partial charge in [0.1, 0.15) is 23.4 Å². The SMILES string of the molecule is COc1ccc(/C=C(\C#N)C(=O)N2CCCC2C(=O)O)cc1. The van der Waals surface area contributed by atoms with Crippen molar-refractivity contribution >= 4 is 18.0 Å². The van der Waals surface area contributed by atoms with Crippen LogP contribution < -0.4 is 4.74 Å². The maximum atomic E-state index is 12.4. The minimum atomic E-state index is -1.03. The standard InChI is InChI=1S/C16H16N2O4/c1-22-13-6-4-11(5-7-13)9-12(10-17)15(19)18-8-2-3-14(18)16(20)21/h4-7,9,14H,2-3,8H2,1H3,(H,20,21)/b12-9+. The Morgan fingerprint density at radius 3 is 2.64 bits per heavy atom. The number of methoxy groups -OCH3 is 1. The van der Waals surface area contributed by atoms with Gasteiger partial charge in [-0.1, -0.05) is 12.1 Å². The zero-order chi connectivity index (χ0) is 16.1. The smallest absolute Gasteiger partial charge is 0.326 e. The van der Waals surface area contributed by atoms with Crippen molar-refractivity contribution in [2.75, 3.05) is 13.7 Å². The van der Waals surface area contributed by atoms with Gasteiger partial charge in [0.25, 0.3) is 5.91 Å². The summed E-state index contributed by atoms with van der Waals surface area (Å²) in [6, 6.07) is 7.91. The predicted octanol–water partition coefficient (Wildman–Crippen LogP) is 1.68. The molecule has 0 aromatic heterocycles. The number of nitriles is 1. The molecule has 114 valence electrons. The van der Waals surface area contributed by atoms with Crippen LogP contribution in [0.25, 0.3) is 6.08 Å². The van der Waals surface area contributed by atoms with E-state index in [2.05, 4.69) is 0 Å². The molecule has 2 rings (SSSR count). The molecule has 1 atom stereocenters. The summed E-state index contributed by atoms with van der Waals surface area (Å²) in [4.78, 5) is 24.8. The second-order valence-corrected chi connectivity index (χ2v) is 4.94. The molecule has 1 aromatic rings. The molecule has 1 aromatic carbocycles. The molecule has 1 fully saturated rings. The summed E-state index contributed by atoms with van der Waals surface area (Å²) in [7, 11) is 1.55. The van der Waals surface area contributed by atoms with Gasteiger partial charge in [0.15, 0.2) is 0 Å². The van der Waals surface area contributed by atoms with Gasteiger partial charge in [0.05, 0.1) is 7.11 Å². The van der Waals surface area contributed by atoms with Crippen LogP contribution in [0.15, 0.2) is 29.8 Å². The van der Waals surface area contributed by atoms with Gasteiger partial charge in [0, 0.05) is 6.54 Å². The number of ether oxygens (including phenoxy) is 1. The molecule has 1 amide bonds. The first-order chi connectivity index (χ1) is 10.6. The Morgan fingerprint density at radius 1 is 1.41 bits per heavy atom. The number of benzene rings is 1. The first kappa shape index (κ1) is 15.6. The predicted molar refractivity (Wildman–Crippen MR) is 79.0 cm³/mol. The van der Waals surface area contributed by atoms with Crippen LogP contribution >= 0.6 is 0 Å². The number of aliphatic carboxylic acids is 1. The number of carbonyl (C=O) groups is 2. The second-order valence-electron chi connectivity index (χ2n) is 4.94. The summed E-state index contributed by atoms with van der Waals surface area (Å²) in [5.41, 5.74) is 0.607. The van der Waals surface area contributed by atoms with E-state index in [1.54, 1.807) is 31.4 Å². The fraction of sp³-hybridized carbons (Fsp3) is 0.312. The number of hydrogen-bond acceptors (Lipinski definition) is 4. The first-order valence-corrected chi connectivity index (χ1v) is 6.86. The molecule has 22 heavy (non-hydrogen) atoms. The van der Waals surface area contributed by atoms with Crippen LogP contribution in [0.1, 0.15) is 18.4 Å². The van der Waals surface area contributed by atoms with E-state index in [4.69, 9.17) is 9.84 Å². The number of carboxylic acids is 1. The fourth-order valence-corrected chi connectivity index (χ4v) is 2.43. The number of carboxylic acid groups (broad SMARTS) is 1. The molecule has 0 radical (unpaired) electrons. The third kappa shape index (κ3) is 3.26. The van der Waals surface area contributed by atoms with Crippen LogP contribution in [0.4, 0.5) is 0 Å². The van der Waals surface area contributed by atoms with E-state index in [-0.39, 0.29) is 5.57 Å². The van der Waals surface area contributed by atoms with Gasteiger partial charge in [0.2, 0.25) is 0 Å². The van der Waals surface area contributed by atoms with Crippen molar-refractivity contribution in [3.8, 4) is 11.8 Å². The zero-order valence-electron chi connectivity index (χ0n) is 12.2. The molecule has 0 saturated carbocycles. The number of hydrogen-bond donors (Lipinski definition) is 1. The lowest BCUT2D eigenvalue weighted by molar-refractivity contribution is -0.146. The first-order valence-electron chi connectivity index (χ1n) is 6.86. The van der Waals surface area contributed by atoms with Crippen molar-refractivity contribution in [3.05, 3.63) is 35.4 Å². The van der Waals surface area contributed by atoms with Crippen molar-refractivity contribution in [1.29, 1.82) is 5.26 Å². The summed E-state index contributed by atoms with van der Waals surface area (Å²) in [5, 5.41) is 18.3. The molecule has 6 heteroatoms. The highest BCUT2D eigenvalue weighted by Gasteiger charge is 2.35. The highest BCUT2D eigenvalue weighted by atomic mass is 16.5. The Kier molecular flexibility index (Phi) is 4.79. The van der Waals surface area contributed by atoms with Gasteiger partial charge in [-0.25, -0.2) is 4.79 Å². The Hall–Kier alpha value is -2.81. The molecule has 1 N–H and O–H groups in total. The molecule has 0 aliphatic carbocycles. The minimum absolute atomic E-state index is 0.0710. The number of rotatable bonds is 4. The van der Waals surface area contributed by atoms with Crippen LogP contribution in [0.5, 0.6) is 5.75 Å². The maximum absolute atomic E-state index is 12.4. The van der Waals surface area contributed by atoms with Crippen LogP contribution in [0, 0.1) is 11.3 Å².